The number of nitrogens with one attached hydrogen (secondary N) is 1. The maximum Gasteiger partial charge on any atom is 0.245 e. The minimum atomic E-state index is 0.521. The van der Waals surface area contributed by atoms with E-state index in [1.165, 1.54) is 0 Å². The van der Waals surface area contributed by atoms with E-state index in [-0.39, 0.29) is 0 Å². The quantitative estimate of drug-likeness (QED) is 0.604. The van der Waals surface area contributed by atoms with Gasteiger partial charge in [0.05, 0.1) is 12.6 Å². The third-order valence-electron chi connectivity index (χ3n) is 4.27. The van der Waals surface area contributed by atoms with Gasteiger partial charge in [0, 0.05) is 18.5 Å². The molecule has 0 aliphatic carbocycles. The summed E-state index contributed by atoms with van der Waals surface area (Å²) in [4.78, 5) is 4.69. The zero-order valence-corrected chi connectivity index (χ0v) is 14.2. The highest BCUT2D eigenvalue weighted by molar-refractivity contribution is 6.04. The second kappa shape index (κ2) is 6.39. The molecule has 2 aromatic carbocycles. The molecule has 0 aliphatic heterocycles. The van der Waals surface area contributed by atoms with Gasteiger partial charge in [0.1, 0.15) is 11.3 Å². The second-order valence-corrected chi connectivity index (χ2v) is 5.77. The molecule has 4 aromatic rings. The number of hydrogen-bond donors (Lipinski definition) is 1. The van der Waals surface area contributed by atoms with Crippen molar-refractivity contribution in [2.24, 2.45) is 0 Å². The highest BCUT2D eigenvalue weighted by Gasteiger charge is 2.13. The van der Waals surface area contributed by atoms with E-state index < -0.39 is 0 Å². The molecule has 2 aromatic heterocycles. The summed E-state index contributed by atoms with van der Waals surface area (Å²) in [6.45, 7) is 3.55. The van der Waals surface area contributed by atoms with Crippen LogP contribution in [-0.4, -0.2) is 26.9 Å². The van der Waals surface area contributed by atoms with E-state index in [0.29, 0.717) is 12.5 Å². The molecule has 0 spiro atoms. The van der Waals surface area contributed by atoms with Crippen molar-refractivity contribution in [3.05, 3.63) is 54.1 Å². The van der Waals surface area contributed by atoms with E-state index >= 15 is 0 Å². The van der Waals surface area contributed by atoms with Crippen molar-refractivity contribution < 1.29 is 4.74 Å². The number of rotatable bonds is 5. The van der Waals surface area contributed by atoms with Gasteiger partial charge in [0.15, 0.2) is 5.65 Å². The molecule has 6 nitrogen and oxygen atoms in total. The maximum atomic E-state index is 5.25. The normalized spacial score (nSPS) is 11.1. The summed E-state index contributed by atoms with van der Waals surface area (Å²) in [7, 11) is 1.66. The molecule has 0 amide bonds. The topological polar surface area (TPSA) is 64.9 Å². The standard InChI is InChI=1S/C19H19N5O/c1-3-24-16-10-5-4-9-15(16)17-18(24)21-19(23-22-17)20-12-13-7-6-8-14(11-13)25-2/h4-11H,3,12H2,1-2H3,(H,20,21,23). The molecule has 126 valence electrons. The first kappa shape index (κ1) is 15.4. The zero-order chi connectivity index (χ0) is 17.2. The monoisotopic (exact) mass is 333 g/mol. The van der Waals surface area contributed by atoms with Crippen LogP contribution in [0.2, 0.25) is 0 Å². The predicted octanol–water partition coefficient (Wildman–Crippen LogP) is 3.62. The van der Waals surface area contributed by atoms with Crippen molar-refractivity contribution in [3.63, 3.8) is 0 Å². The lowest BCUT2D eigenvalue weighted by Crippen LogP contribution is -2.06. The first-order chi connectivity index (χ1) is 12.3. The summed E-state index contributed by atoms with van der Waals surface area (Å²) in [6, 6.07) is 16.1. The van der Waals surface area contributed by atoms with Crippen LogP contribution in [0.3, 0.4) is 0 Å². The Labute approximate surface area is 145 Å². The Morgan fingerprint density at radius 3 is 2.80 bits per heavy atom. The van der Waals surface area contributed by atoms with E-state index in [0.717, 1.165) is 39.9 Å². The third-order valence-corrected chi connectivity index (χ3v) is 4.27. The molecule has 0 saturated carbocycles. The number of hydrogen-bond acceptors (Lipinski definition) is 5. The summed E-state index contributed by atoms with van der Waals surface area (Å²) in [5.74, 6) is 1.35. The van der Waals surface area contributed by atoms with Crippen LogP contribution in [0.5, 0.6) is 5.75 Å². The number of ether oxygens (including phenoxy) is 1. The first-order valence-electron chi connectivity index (χ1n) is 8.28. The van der Waals surface area contributed by atoms with Crippen LogP contribution in [0.25, 0.3) is 22.1 Å². The largest absolute Gasteiger partial charge is 0.497 e. The molecule has 0 unspecified atom stereocenters. The van der Waals surface area contributed by atoms with Crippen LogP contribution >= 0.6 is 0 Å². The Hall–Kier alpha value is -3.15. The van der Waals surface area contributed by atoms with Crippen molar-refractivity contribution >= 4 is 28.0 Å². The first-order valence-corrected chi connectivity index (χ1v) is 8.28. The van der Waals surface area contributed by atoms with Crippen molar-refractivity contribution in [2.45, 2.75) is 20.0 Å². The summed E-state index contributed by atoms with van der Waals surface area (Å²) in [6.07, 6.45) is 0. The number of nitrogens with zero attached hydrogens (tertiary/aromatic N) is 4. The van der Waals surface area contributed by atoms with Gasteiger partial charge < -0.3 is 14.6 Å². The molecule has 0 atom stereocenters. The molecular weight excluding hydrogens is 314 g/mol. The minimum Gasteiger partial charge on any atom is -0.497 e. The molecule has 1 N–H and O–H groups in total. The van der Waals surface area contributed by atoms with Gasteiger partial charge in [-0.3, -0.25) is 0 Å². The average molecular weight is 333 g/mol. The predicted molar refractivity (Wildman–Crippen MR) is 98.8 cm³/mol. The Kier molecular flexibility index (Phi) is 3.93. The molecule has 0 saturated heterocycles. The number of para-hydroxylation sites is 1. The fraction of sp³-hybridized carbons (Fsp3) is 0.211. The smallest absolute Gasteiger partial charge is 0.245 e. The number of benzene rings is 2. The van der Waals surface area contributed by atoms with Gasteiger partial charge >= 0.3 is 0 Å². The van der Waals surface area contributed by atoms with E-state index in [9.17, 15) is 0 Å². The molecule has 0 radical (unpaired) electrons. The van der Waals surface area contributed by atoms with Crippen molar-refractivity contribution in [1.29, 1.82) is 0 Å². The van der Waals surface area contributed by atoms with E-state index in [4.69, 9.17) is 4.74 Å². The van der Waals surface area contributed by atoms with Crippen molar-refractivity contribution in [3.8, 4) is 5.75 Å². The number of aromatic nitrogens is 4. The molecule has 25 heavy (non-hydrogen) atoms. The van der Waals surface area contributed by atoms with Crippen LogP contribution in [0.15, 0.2) is 48.5 Å². The Bertz CT molecular complexity index is 1040. The van der Waals surface area contributed by atoms with Gasteiger partial charge in [-0.25, -0.2) is 0 Å². The molecular formula is C19H19N5O. The van der Waals surface area contributed by atoms with Crippen LogP contribution in [-0.2, 0) is 13.1 Å². The van der Waals surface area contributed by atoms with Crippen LogP contribution in [0, 0.1) is 0 Å². The Morgan fingerprint density at radius 2 is 1.96 bits per heavy atom. The van der Waals surface area contributed by atoms with Gasteiger partial charge in [0.25, 0.3) is 0 Å². The fourth-order valence-electron chi connectivity index (χ4n) is 3.06. The molecule has 6 heteroatoms. The van der Waals surface area contributed by atoms with E-state index in [2.05, 4.69) is 44.1 Å². The SMILES string of the molecule is CCn1c2ccccc2c2nnc(NCc3cccc(OC)c3)nc21. The number of methoxy groups -OCH3 is 1. The summed E-state index contributed by atoms with van der Waals surface area (Å²) in [5, 5.41) is 13.0. The molecule has 0 bridgehead atoms. The lowest BCUT2D eigenvalue weighted by atomic mass is 10.2. The highest BCUT2D eigenvalue weighted by Crippen LogP contribution is 2.26. The third kappa shape index (κ3) is 2.76. The molecule has 0 fully saturated rings. The summed E-state index contributed by atoms with van der Waals surface area (Å²) in [5.41, 5.74) is 3.92. The minimum absolute atomic E-state index is 0.521. The Balaban J connectivity index is 1.67. The van der Waals surface area contributed by atoms with Crippen LogP contribution in [0.1, 0.15) is 12.5 Å². The van der Waals surface area contributed by atoms with Gasteiger partial charge in [-0.05, 0) is 30.7 Å². The van der Waals surface area contributed by atoms with E-state index in [1.54, 1.807) is 7.11 Å². The lowest BCUT2D eigenvalue weighted by Gasteiger charge is -2.07. The fourth-order valence-corrected chi connectivity index (χ4v) is 3.06. The molecule has 4 rings (SSSR count). The zero-order valence-electron chi connectivity index (χ0n) is 14.2. The van der Waals surface area contributed by atoms with Gasteiger partial charge in [-0.1, -0.05) is 30.3 Å². The number of aryl methyl sites for hydroxylation is 1. The second-order valence-electron chi connectivity index (χ2n) is 5.77. The van der Waals surface area contributed by atoms with Gasteiger partial charge in [0.2, 0.25) is 5.95 Å². The summed E-state index contributed by atoms with van der Waals surface area (Å²) >= 11 is 0. The van der Waals surface area contributed by atoms with E-state index in [1.807, 2.05) is 36.4 Å². The molecule has 2 heterocycles. The van der Waals surface area contributed by atoms with Crippen molar-refractivity contribution in [1.82, 2.24) is 19.7 Å². The summed E-state index contributed by atoms with van der Waals surface area (Å²) < 4.78 is 7.42. The number of fused-ring (bicyclic) bond motifs is 3. The van der Waals surface area contributed by atoms with Crippen LogP contribution < -0.4 is 10.1 Å². The number of anilines is 1. The van der Waals surface area contributed by atoms with Gasteiger partial charge in [-0.15, -0.1) is 10.2 Å². The van der Waals surface area contributed by atoms with Crippen LogP contribution in [0.4, 0.5) is 5.95 Å². The lowest BCUT2D eigenvalue weighted by molar-refractivity contribution is 0.414. The Morgan fingerprint density at radius 1 is 1.08 bits per heavy atom. The average Bonchev–Trinajstić information content (AvgIpc) is 2.99. The molecule has 0 aliphatic rings. The van der Waals surface area contributed by atoms with Crippen molar-refractivity contribution in [2.75, 3.05) is 12.4 Å². The highest BCUT2D eigenvalue weighted by atomic mass is 16.5. The maximum absolute atomic E-state index is 5.25. The van der Waals surface area contributed by atoms with Gasteiger partial charge in [-0.2, -0.15) is 4.98 Å².